The number of Topliss-reactive ketones (excluding diaryl/α,β-unsaturated/α-hetero) is 4. The standard InChI is InChI=1S/2C14H15ClO2/c2*1-9(2)14(17)13(10(3)16)8-11-5-4-6-12(15)7-11/h2*4-9H,1-3H3/b13-8+;13-8-. The molecule has 0 unspecified atom stereocenters. The average Bonchev–Trinajstić information content (AvgIpc) is 2.75. The predicted molar refractivity (Wildman–Crippen MR) is 140 cm³/mol. The first-order chi connectivity index (χ1) is 15.8. The maximum Gasteiger partial charge on any atom is 0.168 e. The molecular weight excluding hydrogens is 471 g/mol. The van der Waals surface area contributed by atoms with E-state index in [-0.39, 0.29) is 46.1 Å². The van der Waals surface area contributed by atoms with E-state index < -0.39 is 0 Å². The van der Waals surface area contributed by atoms with Gasteiger partial charge in [-0.05, 0) is 61.4 Å². The largest absolute Gasteiger partial charge is 0.294 e. The van der Waals surface area contributed by atoms with Crippen LogP contribution in [0, 0.1) is 11.8 Å². The molecular formula is C28H30Cl2O4. The minimum absolute atomic E-state index is 0.141. The van der Waals surface area contributed by atoms with Crippen LogP contribution in [0.4, 0.5) is 0 Å². The maximum absolute atomic E-state index is 11.9. The number of hydrogen-bond acceptors (Lipinski definition) is 4. The second-order valence-corrected chi connectivity index (χ2v) is 9.25. The zero-order valence-electron chi connectivity index (χ0n) is 20.3. The minimum atomic E-state index is -0.219. The summed E-state index contributed by atoms with van der Waals surface area (Å²) in [5.74, 6) is -1.10. The highest BCUT2D eigenvalue weighted by Gasteiger charge is 2.18. The van der Waals surface area contributed by atoms with Gasteiger partial charge < -0.3 is 0 Å². The number of rotatable bonds is 8. The van der Waals surface area contributed by atoms with Crippen molar-refractivity contribution in [2.24, 2.45) is 11.8 Å². The number of carbonyl (C=O) groups is 4. The van der Waals surface area contributed by atoms with Gasteiger partial charge in [-0.25, -0.2) is 0 Å². The normalized spacial score (nSPS) is 11.7. The second-order valence-electron chi connectivity index (χ2n) is 8.38. The van der Waals surface area contributed by atoms with Crippen molar-refractivity contribution in [3.63, 3.8) is 0 Å². The highest BCUT2D eigenvalue weighted by atomic mass is 35.5. The summed E-state index contributed by atoms with van der Waals surface area (Å²) in [7, 11) is 0. The molecule has 0 spiro atoms. The SMILES string of the molecule is CC(=O)/C(=C/c1cccc(Cl)c1)C(=O)C(C)C.CC(=O)/C(=C\c1cccc(Cl)c1)C(=O)C(C)C. The van der Waals surface area contributed by atoms with E-state index in [2.05, 4.69) is 0 Å². The molecule has 0 aliphatic heterocycles. The molecule has 34 heavy (non-hydrogen) atoms. The number of ketones is 4. The third-order valence-electron chi connectivity index (χ3n) is 4.66. The predicted octanol–water partition coefficient (Wildman–Crippen LogP) is 7.08. The average molecular weight is 501 g/mol. The van der Waals surface area contributed by atoms with Gasteiger partial charge in [0.05, 0.1) is 11.1 Å². The lowest BCUT2D eigenvalue weighted by atomic mass is 9.96. The van der Waals surface area contributed by atoms with Crippen molar-refractivity contribution in [3.8, 4) is 0 Å². The van der Waals surface area contributed by atoms with Crippen LogP contribution in [0.1, 0.15) is 52.7 Å². The molecule has 0 atom stereocenters. The van der Waals surface area contributed by atoms with Gasteiger partial charge in [0, 0.05) is 21.9 Å². The van der Waals surface area contributed by atoms with E-state index in [4.69, 9.17) is 23.2 Å². The van der Waals surface area contributed by atoms with Crippen LogP contribution in [0.15, 0.2) is 59.7 Å². The molecule has 0 saturated heterocycles. The summed E-state index contributed by atoms with van der Waals surface area (Å²) in [4.78, 5) is 46.6. The molecule has 0 saturated carbocycles. The fraction of sp³-hybridized carbons (Fsp3) is 0.286. The first-order valence-electron chi connectivity index (χ1n) is 10.9. The third-order valence-corrected chi connectivity index (χ3v) is 5.13. The molecule has 0 fully saturated rings. The van der Waals surface area contributed by atoms with Gasteiger partial charge in [0.25, 0.3) is 0 Å². The van der Waals surface area contributed by atoms with Crippen molar-refractivity contribution in [2.45, 2.75) is 41.5 Å². The molecule has 0 aromatic heterocycles. The smallest absolute Gasteiger partial charge is 0.168 e. The van der Waals surface area contributed by atoms with Gasteiger partial charge in [0.15, 0.2) is 23.1 Å². The fourth-order valence-corrected chi connectivity index (χ4v) is 3.24. The molecule has 0 aliphatic carbocycles. The van der Waals surface area contributed by atoms with Crippen molar-refractivity contribution < 1.29 is 19.2 Å². The monoisotopic (exact) mass is 500 g/mol. The fourth-order valence-electron chi connectivity index (χ4n) is 2.84. The Morgan fingerprint density at radius 3 is 1.21 bits per heavy atom. The lowest BCUT2D eigenvalue weighted by Crippen LogP contribution is -2.15. The summed E-state index contributed by atoms with van der Waals surface area (Å²) in [6, 6.07) is 14.1. The van der Waals surface area contributed by atoms with Crippen LogP contribution in [0.25, 0.3) is 12.2 Å². The van der Waals surface area contributed by atoms with Gasteiger partial charge >= 0.3 is 0 Å². The van der Waals surface area contributed by atoms with E-state index in [0.717, 1.165) is 11.1 Å². The summed E-state index contributed by atoms with van der Waals surface area (Å²) in [6.07, 6.45) is 3.19. The molecule has 2 aromatic rings. The third kappa shape index (κ3) is 9.58. The molecule has 180 valence electrons. The van der Waals surface area contributed by atoms with E-state index in [0.29, 0.717) is 10.0 Å². The number of halogens is 2. The highest BCUT2D eigenvalue weighted by molar-refractivity contribution is 6.31. The Morgan fingerprint density at radius 2 is 0.971 bits per heavy atom. The number of hydrogen-bond donors (Lipinski definition) is 0. The van der Waals surface area contributed by atoms with Crippen LogP contribution in [0.5, 0.6) is 0 Å². The highest BCUT2D eigenvalue weighted by Crippen LogP contribution is 2.17. The van der Waals surface area contributed by atoms with E-state index in [1.54, 1.807) is 76.2 Å². The van der Waals surface area contributed by atoms with Gasteiger partial charge in [-0.3, -0.25) is 19.2 Å². The number of benzene rings is 2. The molecule has 0 radical (unpaired) electrons. The molecule has 2 rings (SSSR count). The van der Waals surface area contributed by atoms with Crippen LogP contribution < -0.4 is 0 Å². The van der Waals surface area contributed by atoms with Gasteiger partial charge in [0.1, 0.15) is 0 Å². The van der Waals surface area contributed by atoms with Gasteiger partial charge in [-0.2, -0.15) is 0 Å². The Balaban J connectivity index is 0.000000340. The van der Waals surface area contributed by atoms with Gasteiger partial charge in [-0.1, -0.05) is 75.2 Å². The summed E-state index contributed by atoms with van der Waals surface area (Å²) >= 11 is 11.7. The minimum Gasteiger partial charge on any atom is -0.294 e. The molecule has 0 amide bonds. The Bertz CT molecular complexity index is 1040. The molecule has 0 heterocycles. The van der Waals surface area contributed by atoms with Crippen LogP contribution in [-0.2, 0) is 19.2 Å². The van der Waals surface area contributed by atoms with Crippen LogP contribution in [0.2, 0.25) is 10.0 Å². The van der Waals surface area contributed by atoms with E-state index in [1.807, 2.05) is 12.1 Å². The Labute approximate surface area is 211 Å². The zero-order chi connectivity index (χ0) is 26.0. The second kappa shape index (κ2) is 13.8. The molecule has 2 aromatic carbocycles. The van der Waals surface area contributed by atoms with E-state index in [1.165, 1.54) is 13.8 Å². The van der Waals surface area contributed by atoms with Crippen molar-refractivity contribution in [1.29, 1.82) is 0 Å². The van der Waals surface area contributed by atoms with Crippen LogP contribution in [-0.4, -0.2) is 23.1 Å². The van der Waals surface area contributed by atoms with Crippen molar-refractivity contribution in [3.05, 3.63) is 80.8 Å². The summed E-state index contributed by atoms with van der Waals surface area (Å²) in [5, 5.41) is 1.16. The van der Waals surface area contributed by atoms with E-state index >= 15 is 0 Å². The van der Waals surface area contributed by atoms with Gasteiger partial charge in [0.2, 0.25) is 0 Å². The summed E-state index contributed by atoms with van der Waals surface area (Å²) < 4.78 is 0. The quantitative estimate of drug-likeness (QED) is 0.220. The van der Waals surface area contributed by atoms with Crippen molar-refractivity contribution in [2.75, 3.05) is 0 Å². The molecule has 0 bridgehead atoms. The van der Waals surface area contributed by atoms with Crippen molar-refractivity contribution >= 4 is 58.5 Å². The zero-order valence-corrected chi connectivity index (χ0v) is 21.8. The Kier molecular flexibility index (Phi) is 11.8. The molecule has 4 nitrogen and oxygen atoms in total. The number of allylic oxidation sites excluding steroid dienone is 2. The molecule has 0 aliphatic rings. The summed E-state index contributed by atoms with van der Waals surface area (Å²) in [5.41, 5.74) is 1.97. The van der Waals surface area contributed by atoms with E-state index in [9.17, 15) is 19.2 Å². The van der Waals surface area contributed by atoms with Crippen LogP contribution >= 0.6 is 23.2 Å². The number of carbonyl (C=O) groups excluding carboxylic acids is 4. The lowest BCUT2D eigenvalue weighted by molar-refractivity contribution is -0.123. The molecule has 0 N–H and O–H groups in total. The first kappa shape index (κ1) is 29.2. The Morgan fingerprint density at radius 1 is 0.647 bits per heavy atom. The first-order valence-corrected chi connectivity index (χ1v) is 11.6. The molecule has 6 heteroatoms. The topological polar surface area (TPSA) is 68.3 Å². The van der Waals surface area contributed by atoms with Crippen LogP contribution in [0.3, 0.4) is 0 Å². The summed E-state index contributed by atoms with van der Waals surface area (Å²) in [6.45, 7) is 9.90. The lowest BCUT2D eigenvalue weighted by Gasteiger charge is -2.06. The Hall–Kier alpha value is -2.82. The van der Waals surface area contributed by atoms with Crippen molar-refractivity contribution in [1.82, 2.24) is 0 Å². The maximum atomic E-state index is 11.9. The van der Waals surface area contributed by atoms with Gasteiger partial charge in [-0.15, -0.1) is 0 Å².